The van der Waals surface area contributed by atoms with Crippen LogP contribution in [-0.2, 0) is 31.2 Å². The number of hydrogen-bond acceptors (Lipinski definition) is 9. The first-order valence-corrected chi connectivity index (χ1v) is 26.5. The molecule has 2 saturated heterocycles. The highest BCUT2D eigenvalue weighted by Gasteiger charge is 2.62. The lowest BCUT2D eigenvalue weighted by atomic mass is 9.43. The van der Waals surface area contributed by atoms with Crippen molar-refractivity contribution >= 4 is 29.0 Å². The fraction of sp³-hybridized carbons (Fsp3) is 0.534. The molecule has 11 rings (SSSR count). The van der Waals surface area contributed by atoms with E-state index >= 15 is 0 Å². The third-order valence-electron chi connectivity index (χ3n) is 18.2. The van der Waals surface area contributed by atoms with Crippen LogP contribution in [0.2, 0.25) is 0 Å². The van der Waals surface area contributed by atoms with Crippen LogP contribution in [0.4, 0.5) is 26.0 Å². The quantitative estimate of drug-likeness (QED) is 0.145. The summed E-state index contributed by atoms with van der Waals surface area (Å²) in [6, 6.07) is 20.6. The van der Waals surface area contributed by atoms with Gasteiger partial charge in [-0.25, -0.2) is 8.78 Å². The van der Waals surface area contributed by atoms with Crippen LogP contribution >= 0.6 is 0 Å². The smallest absolute Gasteiger partial charge is 0.264 e. The number of likely N-dealkylation sites (tertiary alicyclic amines) is 1. The number of benzene rings is 3. The molecule has 6 heterocycles. The van der Waals surface area contributed by atoms with E-state index in [0.29, 0.717) is 59.1 Å². The molecule has 4 fully saturated rings. The van der Waals surface area contributed by atoms with Gasteiger partial charge in [-0.2, -0.15) is 15.5 Å². The highest BCUT2D eigenvalue weighted by Crippen LogP contribution is 2.64. The molecule has 2 amide bonds. The van der Waals surface area contributed by atoms with Gasteiger partial charge in [-0.1, -0.05) is 33.8 Å². The van der Waals surface area contributed by atoms with Crippen molar-refractivity contribution in [3.05, 3.63) is 106 Å². The molecule has 0 radical (unpaired) electrons. The molecule has 0 atom stereocenters. The molecule has 73 heavy (non-hydrogen) atoms. The maximum atomic E-state index is 14.8. The number of carbonyl (C=O) groups excluding carboxylic acids is 2. The van der Waals surface area contributed by atoms with Gasteiger partial charge in [0.25, 0.3) is 12.3 Å². The van der Waals surface area contributed by atoms with E-state index in [4.69, 9.17) is 9.84 Å². The maximum Gasteiger partial charge on any atom is 0.264 e. The Morgan fingerprint density at radius 1 is 0.904 bits per heavy atom. The molecular formula is C58H70F2N10O3. The van der Waals surface area contributed by atoms with Crippen LogP contribution in [-0.4, -0.2) is 99.6 Å². The second-order valence-corrected chi connectivity index (χ2v) is 23.4. The predicted octanol–water partition coefficient (Wildman–Crippen LogP) is 10.1. The number of anilines is 3. The second kappa shape index (κ2) is 18.6. The second-order valence-electron chi connectivity index (χ2n) is 23.4. The van der Waals surface area contributed by atoms with Crippen LogP contribution in [0, 0.1) is 27.6 Å². The van der Waals surface area contributed by atoms with E-state index in [1.165, 1.54) is 37.1 Å². The molecule has 2 aliphatic carbocycles. The van der Waals surface area contributed by atoms with E-state index in [2.05, 4.69) is 75.7 Å². The molecule has 1 N–H and O–H groups in total. The Kier molecular flexibility index (Phi) is 12.5. The molecule has 3 aromatic carbocycles. The number of nitriles is 1. The van der Waals surface area contributed by atoms with Gasteiger partial charge in [0, 0.05) is 123 Å². The minimum atomic E-state index is -2.65. The number of ether oxygens (including phenoxy) is 1. The Morgan fingerprint density at radius 3 is 2.27 bits per heavy atom. The fourth-order valence-corrected chi connectivity index (χ4v) is 14.8. The Hall–Kier alpha value is -6.27. The average Bonchev–Trinajstić information content (AvgIpc) is 3.99. The van der Waals surface area contributed by atoms with Crippen LogP contribution in [0.5, 0.6) is 5.75 Å². The molecule has 0 bridgehead atoms. The van der Waals surface area contributed by atoms with Gasteiger partial charge in [-0.05, 0) is 133 Å². The number of methoxy groups -OCH3 is 1. The van der Waals surface area contributed by atoms with E-state index in [0.717, 1.165) is 86.5 Å². The lowest BCUT2D eigenvalue weighted by molar-refractivity contribution is -0.129. The first kappa shape index (κ1) is 49.0. The topological polar surface area (TPSA) is 128 Å². The summed E-state index contributed by atoms with van der Waals surface area (Å²) in [5, 5.41) is 22.6. The minimum Gasteiger partial charge on any atom is -0.495 e. The van der Waals surface area contributed by atoms with Crippen LogP contribution in [0.25, 0.3) is 11.1 Å². The van der Waals surface area contributed by atoms with Crippen LogP contribution in [0.3, 0.4) is 0 Å². The molecule has 2 saturated carbocycles. The van der Waals surface area contributed by atoms with Gasteiger partial charge >= 0.3 is 0 Å². The lowest BCUT2D eigenvalue weighted by Crippen LogP contribution is -2.68. The van der Waals surface area contributed by atoms with Gasteiger partial charge in [0.2, 0.25) is 5.91 Å². The zero-order valence-corrected chi connectivity index (χ0v) is 43.6. The van der Waals surface area contributed by atoms with Gasteiger partial charge in [0.15, 0.2) is 5.82 Å². The van der Waals surface area contributed by atoms with Gasteiger partial charge < -0.3 is 29.7 Å². The van der Waals surface area contributed by atoms with Crippen molar-refractivity contribution in [1.29, 1.82) is 5.26 Å². The number of aryl methyl sites for hydroxylation is 2. The normalized spacial score (nSPS) is 22.6. The van der Waals surface area contributed by atoms with Crippen molar-refractivity contribution in [2.45, 2.75) is 129 Å². The van der Waals surface area contributed by atoms with E-state index in [9.17, 15) is 23.6 Å². The molecule has 384 valence electrons. The molecule has 13 nitrogen and oxygen atoms in total. The number of carbonyl (C=O) groups is 2. The summed E-state index contributed by atoms with van der Waals surface area (Å²) in [6.45, 7) is 16.4. The van der Waals surface area contributed by atoms with Crippen molar-refractivity contribution in [1.82, 2.24) is 34.7 Å². The monoisotopic (exact) mass is 993 g/mol. The van der Waals surface area contributed by atoms with Crippen LogP contribution in [0.15, 0.2) is 67.0 Å². The Labute approximate surface area is 428 Å². The summed E-state index contributed by atoms with van der Waals surface area (Å²) in [5.41, 5.74) is 8.64. The highest BCUT2D eigenvalue weighted by molar-refractivity contribution is 5.95. The van der Waals surface area contributed by atoms with E-state index in [1.54, 1.807) is 44.2 Å². The molecule has 6 aliphatic rings. The molecule has 0 unspecified atom stereocenters. The number of nitrogens with zero attached hydrogens (tertiary/aromatic N) is 9. The zero-order chi connectivity index (χ0) is 51.1. The first-order chi connectivity index (χ1) is 35.0. The lowest BCUT2D eigenvalue weighted by Gasteiger charge is -2.64. The number of rotatable bonds is 10. The van der Waals surface area contributed by atoms with Crippen LogP contribution in [0.1, 0.15) is 142 Å². The van der Waals surface area contributed by atoms with E-state index in [-0.39, 0.29) is 46.2 Å². The van der Waals surface area contributed by atoms with Gasteiger partial charge in [0.05, 0.1) is 31.5 Å². The average molecular weight is 993 g/mol. The van der Waals surface area contributed by atoms with Crippen molar-refractivity contribution in [3.8, 4) is 22.9 Å². The summed E-state index contributed by atoms with van der Waals surface area (Å²) < 4.78 is 39.1. The fourth-order valence-electron chi connectivity index (χ4n) is 14.8. The summed E-state index contributed by atoms with van der Waals surface area (Å²) in [5.74, 6) is 1.53. The molecule has 15 heteroatoms. The number of piperidine rings is 1. The minimum absolute atomic E-state index is 0.00147. The Morgan fingerprint density at radius 2 is 1.63 bits per heavy atom. The zero-order valence-electron chi connectivity index (χ0n) is 43.6. The summed E-state index contributed by atoms with van der Waals surface area (Å²) >= 11 is 0. The van der Waals surface area contributed by atoms with E-state index in [1.807, 2.05) is 41.3 Å². The SMILES string of the molecule is COc1cc(C2C(C)(C)C(NC(=O)c3ccc(N4CC5(CCC(N6CCC(n7nc(N8CCCc9cc(-c%10cnn(C)c%10)c(C(F)F)cc98)c8c7CCN(C(C)=O)C8)CC6)CC5)C4)cc3)C2(C)C)ccc1C#N. The molecular weight excluding hydrogens is 923 g/mol. The summed E-state index contributed by atoms with van der Waals surface area (Å²) in [7, 11) is 3.39. The van der Waals surface area contributed by atoms with Crippen molar-refractivity contribution < 1.29 is 23.1 Å². The Bertz CT molecular complexity index is 2950. The predicted molar refractivity (Wildman–Crippen MR) is 278 cm³/mol. The van der Waals surface area contributed by atoms with Gasteiger partial charge in [-0.15, -0.1) is 0 Å². The molecule has 2 aromatic heterocycles. The van der Waals surface area contributed by atoms with Crippen molar-refractivity contribution in [2.75, 3.05) is 56.2 Å². The number of fused-ring (bicyclic) bond motifs is 2. The van der Waals surface area contributed by atoms with E-state index < -0.39 is 6.43 Å². The largest absolute Gasteiger partial charge is 0.495 e. The molecule has 5 aromatic rings. The highest BCUT2D eigenvalue weighted by atomic mass is 19.3. The van der Waals surface area contributed by atoms with Gasteiger partial charge in [0.1, 0.15) is 11.8 Å². The third kappa shape index (κ3) is 8.55. The standard InChI is InChI=1S/C58H70F2N10O3/c1-36(71)67-26-20-48-47(33-67)53(69-23-8-9-38-27-45(41-31-62-65(6)32-41)46(52(59)60)29-49(38)69)64-70(48)44-18-24-66(25-19-44)43-16-21-58(22-17-43)34-68(35-58)42-14-12-37(13-15-42)54(72)63-55-56(2,3)51(57(55,4)5)39-10-11-40(30-61)50(28-39)73-7/h10-15,27-29,31-32,43-44,51-52,55H,8-9,16-26,33-35H2,1-7H3,(H,63,72). The van der Waals surface area contributed by atoms with Crippen LogP contribution < -0.4 is 19.9 Å². The number of nitrogens with one attached hydrogen (secondary N) is 1. The summed E-state index contributed by atoms with van der Waals surface area (Å²) in [6.07, 6.45) is 10.0. The maximum absolute atomic E-state index is 14.8. The van der Waals surface area contributed by atoms with Crippen molar-refractivity contribution in [3.63, 3.8) is 0 Å². The number of halogens is 2. The molecule has 1 spiro atoms. The third-order valence-corrected chi connectivity index (χ3v) is 18.2. The summed E-state index contributed by atoms with van der Waals surface area (Å²) in [4.78, 5) is 35.7. The van der Waals surface area contributed by atoms with Crippen molar-refractivity contribution in [2.24, 2.45) is 23.3 Å². The van der Waals surface area contributed by atoms with Gasteiger partial charge in [-0.3, -0.25) is 19.0 Å². The first-order valence-electron chi connectivity index (χ1n) is 26.5. The number of hydrogen-bond donors (Lipinski definition) is 1. The molecule has 4 aliphatic heterocycles. The Balaban J connectivity index is 0.703. The number of alkyl halides is 2. The number of aromatic nitrogens is 4. The number of amides is 2.